The smallest absolute Gasteiger partial charge is 0.207 e. The Morgan fingerprint density at radius 1 is 1.29 bits per heavy atom. The van der Waals surface area contributed by atoms with E-state index in [9.17, 15) is 8.42 Å². The Kier molecular flexibility index (Phi) is 3.08. The molecule has 0 aliphatic carbocycles. The maximum Gasteiger partial charge on any atom is 0.243 e. The van der Waals surface area contributed by atoms with E-state index in [1.165, 1.54) is 24.5 Å². The molecule has 4 heteroatoms. The molecule has 1 aromatic rings. The number of hydrogen-bond acceptors (Lipinski definition) is 2. The Hall–Kier alpha value is -1.13. The molecule has 0 heterocycles. The molecule has 0 unspecified atom stereocenters. The van der Waals surface area contributed by atoms with Crippen molar-refractivity contribution in [2.75, 3.05) is 14.1 Å². The second-order valence-electron chi connectivity index (χ2n) is 3.03. The van der Waals surface area contributed by atoms with Crippen LogP contribution in [0, 0.1) is 0 Å². The Bertz CT molecular complexity index is 435. The molecule has 0 saturated heterocycles. The van der Waals surface area contributed by atoms with Crippen LogP contribution in [0.2, 0.25) is 0 Å². The van der Waals surface area contributed by atoms with E-state index in [1.807, 2.05) is 0 Å². The van der Waals surface area contributed by atoms with Crippen molar-refractivity contribution < 1.29 is 8.42 Å². The molecular formula is C10H13NO2S. The average Bonchev–Trinajstić information content (AvgIpc) is 2.17. The van der Waals surface area contributed by atoms with Crippen molar-refractivity contribution in [1.82, 2.24) is 4.31 Å². The summed E-state index contributed by atoms with van der Waals surface area (Å²) in [5, 5.41) is 0. The number of nitrogens with zero attached hydrogens (tertiary/aromatic N) is 1. The van der Waals surface area contributed by atoms with E-state index in [-0.39, 0.29) is 0 Å². The van der Waals surface area contributed by atoms with Gasteiger partial charge in [-0.1, -0.05) is 30.9 Å². The van der Waals surface area contributed by atoms with Crippen molar-refractivity contribution in [3.63, 3.8) is 0 Å². The number of benzene rings is 1. The Balaban J connectivity index is 3.40. The molecule has 0 aliphatic rings. The summed E-state index contributed by atoms with van der Waals surface area (Å²) in [4.78, 5) is 0.292. The maximum absolute atomic E-state index is 11.8. The van der Waals surface area contributed by atoms with Crippen LogP contribution in [-0.4, -0.2) is 26.8 Å². The van der Waals surface area contributed by atoms with Gasteiger partial charge in [0.1, 0.15) is 0 Å². The van der Waals surface area contributed by atoms with Crippen molar-refractivity contribution >= 4 is 16.1 Å². The first-order valence-electron chi connectivity index (χ1n) is 4.14. The lowest BCUT2D eigenvalue weighted by Gasteiger charge is -2.13. The quantitative estimate of drug-likeness (QED) is 0.761. The number of sulfonamides is 1. The zero-order valence-corrected chi connectivity index (χ0v) is 9.08. The van der Waals surface area contributed by atoms with Gasteiger partial charge < -0.3 is 0 Å². The molecule has 0 saturated carbocycles. The van der Waals surface area contributed by atoms with Gasteiger partial charge in [0.05, 0.1) is 4.90 Å². The summed E-state index contributed by atoms with van der Waals surface area (Å²) >= 11 is 0. The molecule has 0 bridgehead atoms. The van der Waals surface area contributed by atoms with Crippen LogP contribution >= 0.6 is 0 Å². The van der Waals surface area contributed by atoms with E-state index in [4.69, 9.17) is 0 Å². The van der Waals surface area contributed by atoms with Crippen LogP contribution in [-0.2, 0) is 10.0 Å². The summed E-state index contributed by atoms with van der Waals surface area (Å²) in [5.41, 5.74) is 0.626. The third-order valence-corrected chi connectivity index (χ3v) is 3.79. The molecule has 0 spiro atoms. The minimum atomic E-state index is -3.36. The van der Waals surface area contributed by atoms with E-state index in [0.29, 0.717) is 10.5 Å². The highest BCUT2D eigenvalue weighted by molar-refractivity contribution is 7.89. The van der Waals surface area contributed by atoms with Crippen LogP contribution in [0.25, 0.3) is 6.08 Å². The van der Waals surface area contributed by atoms with Crippen molar-refractivity contribution in [2.45, 2.75) is 4.90 Å². The third kappa shape index (κ3) is 1.86. The van der Waals surface area contributed by atoms with E-state index < -0.39 is 10.0 Å². The molecule has 3 nitrogen and oxygen atoms in total. The second-order valence-corrected chi connectivity index (χ2v) is 5.15. The van der Waals surface area contributed by atoms with Crippen LogP contribution in [0.15, 0.2) is 35.7 Å². The molecule has 0 atom stereocenters. The number of hydrogen-bond donors (Lipinski definition) is 0. The van der Waals surface area contributed by atoms with Crippen molar-refractivity contribution in [3.05, 3.63) is 36.4 Å². The second kappa shape index (κ2) is 3.94. The first kappa shape index (κ1) is 10.9. The molecule has 0 radical (unpaired) electrons. The fourth-order valence-corrected chi connectivity index (χ4v) is 2.17. The molecule has 1 rings (SSSR count). The van der Waals surface area contributed by atoms with Gasteiger partial charge in [0.25, 0.3) is 0 Å². The van der Waals surface area contributed by atoms with E-state index >= 15 is 0 Å². The summed E-state index contributed by atoms with van der Waals surface area (Å²) in [6.07, 6.45) is 1.54. The van der Waals surface area contributed by atoms with Gasteiger partial charge in [-0.25, -0.2) is 12.7 Å². The fraction of sp³-hybridized carbons (Fsp3) is 0.200. The van der Waals surface area contributed by atoms with Gasteiger partial charge in [-0.05, 0) is 11.6 Å². The Morgan fingerprint density at radius 3 is 2.36 bits per heavy atom. The zero-order valence-electron chi connectivity index (χ0n) is 8.27. The SMILES string of the molecule is C=Cc1ccccc1S(=O)(=O)N(C)C. The minimum absolute atomic E-state index is 0.292. The molecule has 0 fully saturated rings. The lowest BCUT2D eigenvalue weighted by molar-refractivity contribution is 0.520. The largest absolute Gasteiger partial charge is 0.243 e. The van der Waals surface area contributed by atoms with E-state index in [0.717, 1.165) is 0 Å². The van der Waals surface area contributed by atoms with Gasteiger partial charge in [0, 0.05) is 14.1 Å². The molecule has 0 N–H and O–H groups in total. The van der Waals surface area contributed by atoms with Crippen molar-refractivity contribution in [2.24, 2.45) is 0 Å². The van der Waals surface area contributed by atoms with Gasteiger partial charge in [0.15, 0.2) is 0 Å². The topological polar surface area (TPSA) is 37.4 Å². The van der Waals surface area contributed by atoms with Crippen LogP contribution in [0.3, 0.4) is 0 Å². The fourth-order valence-electron chi connectivity index (χ4n) is 1.08. The van der Waals surface area contributed by atoms with E-state index in [1.54, 1.807) is 24.3 Å². The van der Waals surface area contributed by atoms with Gasteiger partial charge in [0.2, 0.25) is 10.0 Å². The Labute approximate surface area is 84.7 Å². The predicted octanol–water partition coefficient (Wildman–Crippen LogP) is 1.58. The molecule has 76 valence electrons. The zero-order chi connectivity index (χ0) is 10.8. The normalized spacial score (nSPS) is 11.6. The third-order valence-electron chi connectivity index (χ3n) is 1.90. The van der Waals surface area contributed by atoms with E-state index in [2.05, 4.69) is 6.58 Å². The highest BCUT2D eigenvalue weighted by atomic mass is 32.2. The number of rotatable bonds is 3. The molecule has 14 heavy (non-hydrogen) atoms. The Morgan fingerprint density at radius 2 is 1.86 bits per heavy atom. The summed E-state index contributed by atoms with van der Waals surface area (Å²) in [6, 6.07) is 6.78. The lowest BCUT2D eigenvalue weighted by atomic mass is 10.2. The van der Waals surface area contributed by atoms with Crippen LogP contribution < -0.4 is 0 Å². The first-order valence-corrected chi connectivity index (χ1v) is 5.58. The van der Waals surface area contributed by atoms with Crippen LogP contribution in [0.5, 0.6) is 0 Å². The minimum Gasteiger partial charge on any atom is -0.207 e. The highest BCUT2D eigenvalue weighted by Crippen LogP contribution is 2.18. The summed E-state index contributed by atoms with van der Waals surface area (Å²) in [5.74, 6) is 0. The maximum atomic E-state index is 11.8. The summed E-state index contributed by atoms with van der Waals surface area (Å²) < 4.78 is 24.8. The summed E-state index contributed by atoms with van der Waals surface area (Å²) in [7, 11) is -0.339. The summed E-state index contributed by atoms with van der Waals surface area (Å²) in [6.45, 7) is 3.58. The molecule has 0 amide bonds. The van der Waals surface area contributed by atoms with Gasteiger partial charge >= 0.3 is 0 Å². The van der Waals surface area contributed by atoms with Crippen molar-refractivity contribution in [3.8, 4) is 0 Å². The molecular weight excluding hydrogens is 198 g/mol. The molecule has 0 aromatic heterocycles. The molecule has 1 aromatic carbocycles. The monoisotopic (exact) mass is 211 g/mol. The molecule has 0 aliphatic heterocycles. The van der Waals surface area contributed by atoms with Gasteiger partial charge in [-0.3, -0.25) is 0 Å². The standard InChI is InChI=1S/C10H13NO2S/c1-4-9-7-5-6-8-10(9)14(12,13)11(2)3/h4-8H,1H2,2-3H3. The average molecular weight is 211 g/mol. The highest BCUT2D eigenvalue weighted by Gasteiger charge is 2.18. The lowest BCUT2D eigenvalue weighted by Crippen LogP contribution is -2.22. The predicted molar refractivity (Wildman–Crippen MR) is 57.4 cm³/mol. The van der Waals surface area contributed by atoms with Crippen molar-refractivity contribution in [1.29, 1.82) is 0 Å². The van der Waals surface area contributed by atoms with Gasteiger partial charge in [-0.2, -0.15) is 0 Å². The van der Waals surface area contributed by atoms with Crippen LogP contribution in [0.4, 0.5) is 0 Å². The van der Waals surface area contributed by atoms with Gasteiger partial charge in [-0.15, -0.1) is 0 Å². The van der Waals surface area contributed by atoms with Crippen LogP contribution in [0.1, 0.15) is 5.56 Å². The first-order chi connectivity index (χ1) is 6.50.